The second-order valence-electron chi connectivity index (χ2n) is 6.24. The van der Waals surface area contributed by atoms with E-state index >= 15 is 0 Å². The maximum atomic E-state index is 3.65. The SMILES string of the molecule is CC(CNC1CC1)CN1CCCC1C(C)C. The van der Waals surface area contributed by atoms with Crippen LogP contribution in [0.3, 0.4) is 0 Å². The molecule has 0 spiro atoms. The van der Waals surface area contributed by atoms with Gasteiger partial charge < -0.3 is 5.32 Å². The highest BCUT2D eigenvalue weighted by Crippen LogP contribution is 2.24. The average Bonchev–Trinajstić information content (AvgIpc) is 2.95. The molecule has 1 N–H and O–H groups in total. The van der Waals surface area contributed by atoms with Gasteiger partial charge in [-0.1, -0.05) is 20.8 Å². The third kappa shape index (κ3) is 3.46. The molecule has 2 rings (SSSR count). The molecule has 2 atom stereocenters. The van der Waals surface area contributed by atoms with Gasteiger partial charge in [-0.15, -0.1) is 0 Å². The van der Waals surface area contributed by atoms with Crippen molar-refractivity contribution in [2.45, 2.75) is 58.5 Å². The van der Waals surface area contributed by atoms with Gasteiger partial charge in [-0.25, -0.2) is 0 Å². The minimum Gasteiger partial charge on any atom is -0.314 e. The van der Waals surface area contributed by atoms with Crippen molar-refractivity contribution >= 4 is 0 Å². The average molecular weight is 224 g/mol. The molecule has 1 aliphatic heterocycles. The maximum absolute atomic E-state index is 3.65. The molecule has 94 valence electrons. The highest BCUT2D eigenvalue weighted by molar-refractivity contribution is 4.85. The number of likely N-dealkylation sites (tertiary alicyclic amines) is 1. The summed E-state index contributed by atoms with van der Waals surface area (Å²) in [6.45, 7) is 11.0. The van der Waals surface area contributed by atoms with E-state index in [-0.39, 0.29) is 0 Å². The number of nitrogens with zero attached hydrogens (tertiary/aromatic N) is 1. The second-order valence-corrected chi connectivity index (χ2v) is 6.24. The van der Waals surface area contributed by atoms with Crippen LogP contribution in [0.4, 0.5) is 0 Å². The van der Waals surface area contributed by atoms with Crippen LogP contribution in [0, 0.1) is 11.8 Å². The van der Waals surface area contributed by atoms with Crippen LogP contribution in [0.2, 0.25) is 0 Å². The molecule has 1 saturated carbocycles. The third-order valence-corrected chi connectivity index (χ3v) is 4.06. The predicted molar refractivity (Wildman–Crippen MR) is 69.6 cm³/mol. The molecule has 1 heterocycles. The molecule has 1 saturated heterocycles. The smallest absolute Gasteiger partial charge is 0.0119 e. The molecule has 2 heteroatoms. The number of nitrogens with one attached hydrogen (secondary N) is 1. The van der Waals surface area contributed by atoms with E-state index in [1.807, 2.05) is 0 Å². The van der Waals surface area contributed by atoms with E-state index in [4.69, 9.17) is 0 Å². The first-order chi connectivity index (χ1) is 7.66. The fraction of sp³-hybridized carbons (Fsp3) is 1.00. The van der Waals surface area contributed by atoms with Crippen LogP contribution in [0.25, 0.3) is 0 Å². The number of rotatable bonds is 6. The molecule has 0 radical (unpaired) electrons. The van der Waals surface area contributed by atoms with Gasteiger partial charge in [0.25, 0.3) is 0 Å². The zero-order valence-electron chi connectivity index (χ0n) is 11.2. The zero-order chi connectivity index (χ0) is 11.5. The van der Waals surface area contributed by atoms with E-state index < -0.39 is 0 Å². The molecular weight excluding hydrogens is 196 g/mol. The monoisotopic (exact) mass is 224 g/mol. The van der Waals surface area contributed by atoms with Gasteiger partial charge in [-0.05, 0) is 50.6 Å². The minimum absolute atomic E-state index is 0.806. The summed E-state index contributed by atoms with van der Waals surface area (Å²) >= 11 is 0. The molecule has 2 unspecified atom stereocenters. The Labute approximate surface area is 101 Å². The Morgan fingerprint density at radius 1 is 1.19 bits per heavy atom. The molecule has 2 aliphatic rings. The molecule has 16 heavy (non-hydrogen) atoms. The maximum Gasteiger partial charge on any atom is 0.0119 e. The Balaban J connectivity index is 1.69. The van der Waals surface area contributed by atoms with E-state index in [1.165, 1.54) is 45.3 Å². The summed E-state index contributed by atoms with van der Waals surface area (Å²) in [5.41, 5.74) is 0. The standard InChI is InChI=1S/C14H28N2/c1-11(2)14-5-4-8-16(14)10-12(3)9-15-13-6-7-13/h11-15H,4-10H2,1-3H3. The van der Waals surface area contributed by atoms with Crippen LogP contribution in [-0.2, 0) is 0 Å². The van der Waals surface area contributed by atoms with E-state index in [1.54, 1.807) is 0 Å². The van der Waals surface area contributed by atoms with E-state index in [0.29, 0.717) is 0 Å². The van der Waals surface area contributed by atoms with E-state index in [9.17, 15) is 0 Å². The van der Waals surface area contributed by atoms with Crippen LogP contribution in [0.1, 0.15) is 46.5 Å². The van der Waals surface area contributed by atoms with Crippen molar-refractivity contribution in [2.75, 3.05) is 19.6 Å². The minimum atomic E-state index is 0.806. The molecule has 0 aromatic rings. The second kappa shape index (κ2) is 5.50. The van der Waals surface area contributed by atoms with Crippen molar-refractivity contribution in [3.8, 4) is 0 Å². The number of hydrogen-bond acceptors (Lipinski definition) is 2. The summed E-state index contributed by atoms with van der Waals surface area (Å²) in [5, 5.41) is 3.65. The summed E-state index contributed by atoms with van der Waals surface area (Å²) in [5.74, 6) is 1.63. The van der Waals surface area contributed by atoms with Gasteiger partial charge in [0.15, 0.2) is 0 Å². The highest BCUT2D eigenvalue weighted by atomic mass is 15.2. The summed E-state index contributed by atoms with van der Waals surface area (Å²) in [6, 6.07) is 1.71. The Morgan fingerprint density at radius 2 is 1.94 bits per heavy atom. The Bertz CT molecular complexity index is 211. The predicted octanol–water partition coefficient (Wildman–Crippen LogP) is 2.49. The molecular formula is C14H28N2. The first-order valence-electron chi connectivity index (χ1n) is 7.14. The summed E-state index contributed by atoms with van der Waals surface area (Å²) in [6.07, 6.45) is 5.64. The van der Waals surface area contributed by atoms with Crippen molar-refractivity contribution in [3.05, 3.63) is 0 Å². The highest BCUT2D eigenvalue weighted by Gasteiger charge is 2.28. The van der Waals surface area contributed by atoms with E-state index in [0.717, 1.165) is 23.9 Å². The summed E-state index contributed by atoms with van der Waals surface area (Å²) in [7, 11) is 0. The topological polar surface area (TPSA) is 15.3 Å². The van der Waals surface area contributed by atoms with Crippen molar-refractivity contribution in [2.24, 2.45) is 11.8 Å². The van der Waals surface area contributed by atoms with Crippen molar-refractivity contribution in [1.82, 2.24) is 10.2 Å². The lowest BCUT2D eigenvalue weighted by molar-refractivity contribution is 0.180. The Morgan fingerprint density at radius 3 is 2.56 bits per heavy atom. The van der Waals surface area contributed by atoms with Crippen LogP contribution in [0.5, 0.6) is 0 Å². The van der Waals surface area contributed by atoms with Gasteiger partial charge in [-0.2, -0.15) is 0 Å². The molecule has 0 aromatic carbocycles. The summed E-state index contributed by atoms with van der Waals surface area (Å²) < 4.78 is 0. The molecule has 2 nitrogen and oxygen atoms in total. The Hall–Kier alpha value is -0.0800. The summed E-state index contributed by atoms with van der Waals surface area (Å²) in [4.78, 5) is 2.73. The Kier molecular flexibility index (Phi) is 4.26. The fourth-order valence-electron chi connectivity index (χ4n) is 2.95. The number of hydrogen-bond donors (Lipinski definition) is 1. The first-order valence-corrected chi connectivity index (χ1v) is 7.14. The van der Waals surface area contributed by atoms with Crippen molar-refractivity contribution < 1.29 is 0 Å². The van der Waals surface area contributed by atoms with Crippen molar-refractivity contribution in [3.63, 3.8) is 0 Å². The molecule has 1 aliphatic carbocycles. The molecule has 0 bridgehead atoms. The van der Waals surface area contributed by atoms with Crippen LogP contribution < -0.4 is 5.32 Å². The lowest BCUT2D eigenvalue weighted by Crippen LogP contribution is -2.39. The fourth-order valence-corrected chi connectivity index (χ4v) is 2.95. The normalized spacial score (nSPS) is 28.9. The molecule has 0 aromatic heterocycles. The lowest BCUT2D eigenvalue weighted by Gasteiger charge is -2.30. The van der Waals surface area contributed by atoms with Crippen LogP contribution in [0.15, 0.2) is 0 Å². The van der Waals surface area contributed by atoms with E-state index in [2.05, 4.69) is 31.0 Å². The molecule has 2 fully saturated rings. The quantitative estimate of drug-likeness (QED) is 0.746. The van der Waals surface area contributed by atoms with Gasteiger partial charge in [0.1, 0.15) is 0 Å². The van der Waals surface area contributed by atoms with Gasteiger partial charge >= 0.3 is 0 Å². The molecule has 0 amide bonds. The van der Waals surface area contributed by atoms with Crippen molar-refractivity contribution in [1.29, 1.82) is 0 Å². The van der Waals surface area contributed by atoms with Gasteiger partial charge in [0, 0.05) is 18.6 Å². The third-order valence-electron chi connectivity index (χ3n) is 4.06. The van der Waals surface area contributed by atoms with Gasteiger partial charge in [0.2, 0.25) is 0 Å². The lowest BCUT2D eigenvalue weighted by atomic mass is 10.0. The van der Waals surface area contributed by atoms with Gasteiger partial charge in [-0.3, -0.25) is 4.90 Å². The van der Waals surface area contributed by atoms with Crippen LogP contribution >= 0.6 is 0 Å². The first kappa shape index (κ1) is 12.4. The van der Waals surface area contributed by atoms with Gasteiger partial charge in [0.05, 0.1) is 0 Å². The largest absolute Gasteiger partial charge is 0.314 e. The zero-order valence-corrected chi connectivity index (χ0v) is 11.2. The van der Waals surface area contributed by atoms with Crippen LogP contribution in [-0.4, -0.2) is 36.6 Å².